The number of cyclic esters (lactones) is 1. The minimum absolute atomic E-state index is 0.0332. The molecular formula is C24H24INO5. The molecule has 3 rings (SSSR count). The summed E-state index contributed by atoms with van der Waals surface area (Å²) in [6, 6.07) is 11.3. The minimum Gasteiger partial charge on any atom is -0.490 e. The van der Waals surface area contributed by atoms with Crippen LogP contribution in [0.5, 0.6) is 11.5 Å². The molecule has 7 heteroatoms. The van der Waals surface area contributed by atoms with Gasteiger partial charge in [-0.05, 0) is 76.4 Å². The first-order valence-corrected chi connectivity index (χ1v) is 10.9. The van der Waals surface area contributed by atoms with Gasteiger partial charge in [0.25, 0.3) is 0 Å². The number of halogens is 1. The largest absolute Gasteiger partial charge is 0.490 e. The summed E-state index contributed by atoms with van der Waals surface area (Å²) in [4.78, 5) is 28.2. The zero-order valence-corrected chi connectivity index (χ0v) is 20.3. The molecule has 0 N–H and O–H groups in total. The van der Waals surface area contributed by atoms with E-state index in [2.05, 4.69) is 48.4 Å². The number of benzene rings is 2. The third kappa shape index (κ3) is 5.52. The van der Waals surface area contributed by atoms with Crippen LogP contribution < -0.4 is 9.47 Å². The Hall–Kier alpha value is -2.68. The summed E-state index contributed by atoms with van der Waals surface area (Å²) in [5.41, 5.74) is 2.82. The fraction of sp³-hybridized carbons (Fsp3) is 0.292. The van der Waals surface area contributed by atoms with Gasteiger partial charge in [0.1, 0.15) is 0 Å². The van der Waals surface area contributed by atoms with E-state index >= 15 is 0 Å². The van der Waals surface area contributed by atoms with Crippen molar-refractivity contribution in [2.24, 2.45) is 4.99 Å². The number of rotatable bonds is 5. The van der Waals surface area contributed by atoms with Crippen LogP contribution in [0.3, 0.4) is 0 Å². The first-order chi connectivity index (χ1) is 14.6. The van der Waals surface area contributed by atoms with Crippen molar-refractivity contribution in [2.75, 3.05) is 6.61 Å². The third-order valence-electron chi connectivity index (χ3n) is 4.50. The highest BCUT2D eigenvalue weighted by Gasteiger charge is 2.25. The zero-order valence-electron chi connectivity index (χ0n) is 18.1. The summed E-state index contributed by atoms with van der Waals surface area (Å²) in [5.74, 6) is 0.0926. The van der Waals surface area contributed by atoms with Gasteiger partial charge in [-0.3, -0.25) is 4.79 Å². The summed E-state index contributed by atoms with van der Waals surface area (Å²) in [6.07, 6.45) is 1.63. The molecule has 0 amide bonds. The van der Waals surface area contributed by atoms with Gasteiger partial charge in [-0.2, -0.15) is 0 Å². The van der Waals surface area contributed by atoms with Crippen molar-refractivity contribution in [1.29, 1.82) is 0 Å². The quantitative estimate of drug-likeness (QED) is 0.227. The summed E-state index contributed by atoms with van der Waals surface area (Å²) in [7, 11) is 0. The number of aliphatic imine (C=N–C) groups is 1. The summed E-state index contributed by atoms with van der Waals surface area (Å²) >= 11 is 2.06. The maximum absolute atomic E-state index is 12.4. The summed E-state index contributed by atoms with van der Waals surface area (Å²) < 4.78 is 17.0. The van der Waals surface area contributed by atoms with Gasteiger partial charge in [0, 0.05) is 12.5 Å². The predicted octanol–water partition coefficient (Wildman–Crippen LogP) is 5.26. The Balaban J connectivity index is 1.93. The molecule has 6 nitrogen and oxygen atoms in total. The normalized spacial score (nSPS) is 15.0. The van der Waals surface area contributed by atoms with Crippen LogP contribution >= 0.6 is 22.6 Å². The molecule has 0 atom stereocenters. The fourth-order valence-corrected chi connectivity index (χ4v) is 3.72. The highest BCUT2D eigenvalue weighted by Crippen LogP contribution is 2.35. The van der Waals surface area contributed by atoms with Crippen LogP contribution in [0.15, 0.2) is 47.1 Å². The lowest BCUT2D eigenvalue weighted by Gasteiger charge is -2.18. The third-order valence-corrected chi connectivity index (χ3v) is 5.30. The minimum atomic E-state index is -0.521. The lowest BCUT2D eigenvalue weighted by atomic mass is 9.87. The standard InChI is InChI=1S/C24H24INO5/c1-6-29-20-13-15(11-18(25)21(20)30-14(2)27)12-19-23(28)31-22(26-19)16-7-9-17(10-8-16)24(3,4)5/h7-13H,6H2,1-5H3. The van der Waals surface area contributed by atoms with E-state index in [9.17, 15) is 9.59 Å². The monoisotopic (exact) mass is 533 g/mol. The van der Waals surface area contributed by atoms with Crippen molar-refractivity contribution in [3.05, 3.63) is 62.4 Å². The average molecular weight is 533 g/mol. The SMILES string of the molecule is CCOc1cc(C=C2N=C(c3ccc(C(C)(C)C)cc3)OC2=O)cc(I)c1OC(C)=O. The zero-order chi connectivity index (χ0) is 22.8. The van der Waals surface area contributed by atoms with Crippen molar-refractivity contribution >= 4 is 46.5 Å². The number of ether oxygens (including phenoxy) is 3. The van der Waals surface area contributed by atoms with Crippen LogP contribution in [0.1, 0.15) is 51.3 Å². The molecule has 162 valence electrons. The van der Waals surface area contributed by atoms with E-state index in [0.29, 0.717) is 27.2 Å². The molecule has 1 heterocycles. The van der Waals surface area contributed by atoms with E-state index in [-0.39, 0.29) is 17.0 Å². The van der Waals surface area contributed by atoms with Crippen molar-refractivity contribution in [1.82, 2.24) is 0 Å². The van der Waals surface area contributed by atoms with Crippen LogP contribution in [-0.2, 0) is 19.7 Å². The number of carbonyl (C=O) groups is 2. The van der Waals surface area contributed by atoms with Gasteiger partial charge >= 0.3 is 11.9 Å². The molecule has 2 aromatic rings. The highest BCUT2D eigenvalue weighted by atomic mass is 127. The molecule has 1 aliphatic heterocycles. The second-order valence-corrected chi connectivity index (χ2v) is 9.18. The van der Waals surface area contributed by atoms with Crippen molar-refractivity contribution < 1.29 is 23.8 Å². The van der Waals surface area contributed by atoms with E-state index in [4.69, 9.17) is 14.2 Å². The highest BCUT2D eigenvalue weighted by molar-refractivity contribution is 14.1. The molecule has 0 spiro atoms. The van der Waals surface area contributed by atoms with Crippen LogP contribution in [-0.4, -0.2) is 24.4 Å². The van der Waals surface area contributed by atoms with Gasteiger partial charge in [0.05, 0.1) is 10.2 Å². The first-order valence-electron chi connectivity index (χ1n) is 9.86. The molecule has 0 aliphatic carbocycles. The Morgan fingerprint density at radius 1 is 1.19 bits per heavy atom. The molecular weight excluding hydrogens is 509 g/mol. The lowest BCUT2D eigenvalue weighted by Crippen LogP contribution is -2.11. The van der Waals surface area contributed by atoms with Gasteiger partial charge in [-0.15, -0.1) is 0 Å². The van der Waals surface area contributed by atoms with Crippen LogP contribution in [0, 0.1) is 3.57 Å². The van der Waals surface area contributed by atoms with Crippen LogP contribution in [0.2, 0.25) is 0 Å². The number of nitrogens with zero attached hydrogens (tertiary/aromatic N) is 1. The number of hydrogen-bond donors (Lipinski definition) is 0. The second kappa shape index (κ2) is 9.21. The van der Waals surface area contributed by atoms with E-state index in [0.717, 1.165) is 5.56 Å². The van der Waals surface area contributed by atoms with Crippen molar-refractivity contribution in [3.63, 3.8) is 0 Å². The fourth-order valence-electron chi connectivity index (χ4n) is 2.98. The average Bonchev–Trinajstić information content (AvgIpc) is 3.04. The van der Waals surface area contributed by atoms with Crippen LogP contribution in [0.4, 0.5) is 0 Å². The first kappa shape index (κ1) is 23.0. The van der Waals surface area contributed by atoms with E-state index in [1.54, 1.807) is 18.2 Å². The van der Waals surface area contributed by atoms with E-state index in [1.165, 1.54) is 12.5 Å². The topological polar surface area (TPSA) is 74.2 Å². The number of esters is 2. The molecule has 0 fully saturated rings. The molecule has 0 saturated carbocycles. The Kier molecular flexibility index (Phi) is 6.83. The molecule has 1 aliphatic rings. The molecule has 0 unspecified atom stereocenters. The van der Waals surface area contributed by atoms with E-state index in [1.807, 2.05) is 31.2 Å². The molecule has 0 radical (unpaired) electrons. The second-order valence-electron chi connectivity index (χ2n) is 8.02. The molecule has 0 aromatic heterocycles. The molecule has 0 saturated heterocycles. The van der Waals surface area contributed by atoms with Gasteiger partial charge in [0.15, 0.2) is 17.2 Å². The Morgan fingerprint density at radius 3 is 2.45 bits per heavy atom. The Bertz CT molecular complexity index is 1080. The van der Waals surface area contributed by atoms with Crippen LogP contribution in [0.25, 0.3) is 6.08 Å². The van der Waals surface area contributed by atoms with Crippen molar-refractivity contribution in [3.8, 4) is 11.5 Å². The van der Waals surface area contributed by atoms with Gasteiger partial charge in [-0.25, -0.2) is 9.79 Å². The Labute approximate surface area is 195 Å². The molecule has 0 bridgehead atoms. The lowest BCUT2D eigenvalue weighted by molar-refractivity contribution is -0.132. The molecule has 31 heavy (non-hydrogen) atoms. The Morgan fingerprint density at radius 2 is 1.87 bits per heavy atom. The maximum atomic E-state index is 12.4. The number of hydrogen-bond acceptors (Lipinski definition) is 6. The van der Waals surface area contributed by atoms with Gasteiger partial charge < -0.3 is 14.2 Å². The van der Waals surface area contributed by atoms with E-state index < -0.39 is 11.9 Å². The summed E-state index contributed by atoms with van der Waals surface area (Å²) in [5, 5.41) is 0. The van der Waals surface area contributed by atoms with Gasteiger partial charge in [0.2, 0.25) is 5.90 Å². The predicted molar refractivity (Wildman–Crippen MR) is 127 cm³/mol. The van der Waals surface area contributed by atoms with Gasteiger partial charge in [-0.1, -0.05) is 32.9 Å². The number of carbonyl (C=O) groups excluding carboxylic acids is 2. The maximum Gasteiger partial charge on any atom is 0.363 e. The molecule has 2 aromatic carbocycles. The van der Waals surface area contributed by atoms with Crippen molar-refractivity contribution in [2.45, 2.75) is 40.0 Å². The smallest absolute Gasteiger partial charge is 0.363 e. The summed E-state index contributed by atoms with van der Waals surface area (Å²) in [6.45, 7) is 9.99.